The van der Waals surface area contributed by atoms with E-state index in [2.05, 4.69) is 255 Å². The Kier molecular flexibility index (Phi) is 8.93. The highest BCUT2D eigenvalue weighted by Gasteiger charge is 2.16. The van der Waals surface area contributed by atoms with E-state index < -0.39 is 0 Å². The fourth-order valence-corrected chi connectivity index (χ4v) is 12.9. The minimum absolute atomic E-state index is 1.22. The molecule has 0 fully saturated rings. The van der Waals surface area contributed by atoms with Gasteiger partial charge in [0, 0.05) is 20.2 Å². The van der Waals surface area contributed by atoms with Crippen LogP contribution in [-0.2, 0) is 0 Å². The van der Waals surface area contributed by atoms with Crippen LogP contribution < -0.4 is 0 Å². The van der Waals surface area contributed by atoms with Crippen molar-refractivity contribution < 1.29 is 0 Å². The number of fused-ring (bicyclic) bond motifs is 14. The first kappa shape index (κ1) is 40.0. The lowest BCUT2D eigenvalue weighted by molar-refractivity contribution is 1.62. The Labute approximate surface area is 414 Å². The first-order chi connectivity index (χ1) is 35.1. The Morgan fingerprint density at radius 2 is 0.592 bits per heavy atom. The van der Waals surface area contributed by atoms with Crippen LogP contribution in [0.3, 0.4) is 0 Å². The topological polar surface area (TPSA) is 0 Å². The number of benzene rings is 14. The molecule has 0 aliphatic carbocycles. The summed E-state index contributed by atoms with van der Waals surface area (Å²) in [5, 5.41) is 20.5. The van der Waals surface area contributed by atoms with Crippen molar-refractivity contribution in [3.8, 4) is 55.6 Å². The highest BCUT2D eigenvalue weighted by atomic mass is 32.1. The van der Waals surface area contributed by atoms with E-state index in [1.54, 1.807) is 0 Å². The van der Waals surface area contributed by atoms with Crippen LogP contribution in [0, 0.1) is 0 Å². The van der Waals surface area contributed by atoms with Gasteiger partial charge in [0.2, 0.25) is 0 Å². The summed E-state index contributed by atoms with van der Waals surface area (Å²) in [7, 11) is 0. The van der Waals surface area contributed by atoms with E-state index in [4.69, 9.17) is 0 Å². The van der Waals surface area contributed by atoms with Crippen molar-refractivity contribution in [2.45, 2.75) is 0 Å². The van der Waals surface area contributed by atoms with Crippen molar-refractivity contribution in [3.63, 3.8) is 0 Å². The van der Waals surface area contributed by atoms with Crippen molar-refractivity contribution in [3.05, 3.63) is 255 Å². The maximum absolute atomic E-state index is 2.42. The predicted octanol–water partition coefficient (Wildman–Crippen LogP) is 20.5. The molecular formula is C70H42S. The monoisotopic (exact) mass is 914 g/mol. The lowest BCUT2D eigenvalue weighted by atomic mass is 9.90. The lowest BCUT2D eigenvalue weighted by Crippen LogP contribution is -1.87. The van der Waals surface area contributed by atoms with Crippen LogP contribution in [-0.4, -0.2) is 0 Å². The molecule has 0 aliphatic rings. The van der Waals surface area contributed by atoms with Gasteiger partial charge in [-0.15, -0.1) is 11.3 Å². The third-order valence-electron chi connectivity index (χ3n) is 15.2. The lowest BCUT2D eigenvalue weighted by Gasteiger charge is -2.14. The van der Waals surface area contributed by atoms with Crippen molar-refractivity contribution in [1.29, 1.82) is 0 Å². The Balaban J connectivity index is 0.738. The zero-order valence-corrected chi connectivity index (χ0v) is 39.5. The van der Waals surface area contributed by atoms with Crippen molar-refractivity contribution in [2.75, 3.05) is 0 Å². The normalized spacial score (nSPS) is 11.9. The van der Waals surface area contributed by atoms with E-state index in [1.165, 1.54) is 151 Å². The standard InChI is InChI=1S/C70H42S/c1-2-14-56-54(11-1)41-66(59-16-4-3-15-58(56)59)53-13-9-12-43(39-53)44-23-24-46-36-47(26-25-45(46)35-44)48-27-28-50-38-51(30-29-49(50)37-48)52-31-33-62-63-34-32-55(42-68(63)61-18-6-5-17-60(61)67(62)40-52)57-20-10-21-65-64-19-7-8-22-69(64)71-70(57)65/h1-42H. The molecule has 0 bridgehead atoms. The molecule has 0 atom stereocenters. The van der Waals surface area contributed by atoms with Gasteiger partial charge >= 0.3 is 0 Å². The Morgan fingerprint density at radius 1 is 0.183 bits per heavy atom. The van der Waals surface area contributed by atoms with Crippen LogP contribution in [0.4, 0.5) is 0 Å². The van der Waals surface area contributed by atoms with Gasteiger partial charge in [-0.1, -0.05) is 200 Å². The number of hydrogen-bond donors (Lipinski definition) is 0. The summed E-state index contributed by atoms with van der Waals surface area (Å²) in [6, 6.07) is 95.1. The average Bonchev–Trinajstić information content (AvgIpc) is 3.83. The molecule has 1 aromatic heterocycles. The first-order valence-electron chi connectivity index (χ1n) is 24.5. The Hall–Kier alpha value is -8.88. The largest absolute Gasteiger partial charge is 0.135 e. The van der Waals surface area contributed by atoms with Gasteiger partial charge in [0.15, 0.2) is 0 Å². The van der Waals surface area contributed by atoms with Crippen LogP contribution in [0.25, 0.3) is 151 Å². The molecule has 14 aromatic carbocycles. The Morgan fingerprint density at radius 3 is 1.23 bits per heavy atom. The second-order valence-electron chi connectivity index (χ2n) is 19.2. The summed E-state index contributed by atoms with van der Waals surface area (Å²) >= 11 is 1.89. The van der Waals surface area contributed by atoms with Crippen LogP contribution in [0.15, 0.2) is 255 Å². The van der Waals surface area contributed by atoms with Gasteiger partial charge in [-0.3, -0.25) is 0 Å². The van der Waals surface area contributed by atoms with Gasteiger partial charge in [-0.05, 0) is 186 Å². The zero-order chi connectivity index (χ0) is 46.6. The average molecular weight is 915 g/mol. The molecule has 328 valence electrons. The minimum atomic E-state index is 1.22. The number of hydrogen-bond acceptors (Lipinski definition) is 1. The molecule has 0 nitrogen and oxygen atoms in total. The number of rotatable bonds is 5. The van der Waals surface area contributed by atoms with E-state index in [1.807, 2.05) is 11.3 Å². The highest BCUT2D eigenvalue weighted by molar-refractivity contribution is 7.26. The maximum atomic E-state index is 2.42. The molecular weight excluding hydrogens is 873 g/mol. The van der Waals surface area contributed by atoms with E-state index in [0.717, 1.165) is 0 Å². The van der Waals surface area contributed by atoms with E-state index in [-0.39, 0.29) is 0 Å². The zero-order valence-electron chi connectivity index (χ0n) is 38.7. The van der Waals surface area contributed by atoms with Crippen LogP contribution in [0.5, 0.6) is 0 Å². The molecule has 1 heterocycles. The molecule has 1 heteroatoms. The molecule has 0 unspecified atom stereocenters. The molecule has 0 N–H and O–H groups in total. The quantitative estimate of drug-likeness (QED) is 0.151. The minimum Gasteiger partial charge on any atom is -0.135 e. The smallest absolute Gasteiger partial charge is 0.0433 e. The molecule has 0 radical (unpaired) electrons. The fraction of sp³-hybridized carbons (Fsp3) is 0. The van der Waals surface area contributed by atoms with Crippen molar-refractivity contribution >= 4 is 107 Å². The van der Waals surface area contributed by atoms with Gasteiger partial charge in [-0.2, -0.15) is 0 Å². The highest BCUT2D eigenvalue weighted by Crippen LogP contribution is 2.44. The summed E-state index contributed by atoms with van der Waals surface area (Å²) in [4.78, 5) is 0. The van der Waals surface area contributed by atoms with Gasteiger partial charge in [0.1, 0.15) is 0 Å². The van der Waals surface area contributed by atoms with Crippen LogP contribution in [0.2, 0.25) is 0 Å². The third kappa shape index (κ3) is 6.51. The summed E-state index contributed by atoms with van der Waals surface area (Å²) in [5.41, 5.74) is 12.4. The van der Waals surface area contributed by atoms with Gasteiger partial charge in [-0.25, -0.2) is 0 Å². The van der Waals surface area contributed by atoms with Crippen molar-refractivity contribution in [1.82, 2.24) is 0 Å². The molecule has 0 amide bonds. The first-order valence-corrected chi connectivity index (χ1v) is 25.4. The number of thiophene rings is 1. The van der Waals surface area contributed by atoms with Crippen LogP contribution >= 0.6 is 11.3 Å². The maximum Gasteiger partial charge on any atom is 0.0433 e. The predicted molar refractivity (Wildman–Crippen MR) is 309 cm³/mol. The second kappa shape index (κ2) is 15.8. The SMILES string of the molecule is c1cc(-c2ccc3cc(-c4ccc5cc(-c6ccc7c8ccc(-c9cccc%10c9sc9ccccc9%10)cc8c8ccccc8c7c6)ccc5c4)ccc3c2)cc(-c2cc3ccccc3c3ccccc23)c1. The van der Waals surface area contributed by atoms with Gasteiger partial charge < -0.3 is 0 Å². The fourth-order valence-electron chi connectivity index (χ4n) is 11.6. The summed E-state index contributed by atoms with van der Waals surface area (Å²) in [6.07, 6.45) is 0. The van der Waals surface area contributed by atoms with Gasteiger partial charge in [0.05, 0.1) is 0 Å². The van der Waals surface area contributed by atoms with Crippen molar-refractivity contribution in [2.24, 2.45) is 0 Å². The second-order valence-corrected chi connectivity index (χ2v) is 20.2. The van der Waals surface area contributed by atoms with E-state index in [9.17, 15) is 0 Å². The third-order valence-corrected chi connectivity index (χ3v) is 16.4. The summed E-state index contributed by atoms with van der Waals surface area (Å²) < 4.78 is 2.68. The van der Waals surface area contributed by atoms with E-state index in [0.29, 0.717) is 0 Å². The summed E-state index contributed by atoms with van der Waals surface area (Å²) in [5.74, 6) is 0. The molecule has 15 rings (SSSR count). The Bertz CT molecular complexity index is 4680. The molecule has 0 aliphatic heterocycles. The molecule has 0 saturated carbocycles. The molecule has 71 heavy (non-hydrogen) atoms. The van der Waals surface area contributed by atoms with Gasteiger partial charge in [0.25, 0.3) is 0 Å². The molecule has 15 aromatic rings. The summed E-state index contributed by atoms with van der Waals surface area (Å²) in [6.45, 7) is 0. The molecule has 0 saturated heterocycles. The van der Waals surface area contributed by atoms with Crippen LogP contribution in [0.1, 0.15) is 0 Å². The molecule has 0 spiro atoms. The van der Waals surface area contributed by atoms with E-state index >= 15 is 0 Å².